The van der Waals surface area contributed by atoms with Gasteiger partial charge >= 0.3 is 0 Å². The molecule has 2 rings (SSSR count). The van der Waals surface area contributed by atoms with Gasteiger partial charge in [0.15, 0.2) is 0 Å². The molecule has 0 aromatic heterocycles. The molecule has 1 aliphatic rings. The van der Waals surface area contributed by atoms with Gasteiger partial charge in [0.2, 0.25) is 5.91 Å². The number of amides is 3. The van der Waals surface area contributed by atoms with Crippen LogP contribution in [0.1, 0.15) is 5.56 Å². The molecule has 1 aromatic carbocycles. The van der Waals surface area contributed by atoms with Gasteiger partial charge in [0.05, 0.1) is 9.83 Å². The van der Waals surface area contributed by atoms with Gasteiger partial charge in [-0.3, -0.25) is 29.4 Å². The van der Waals surface area contributed by atoms with Gasteiger partial charge in [-0.25, -0.2) is 0 Å². The average molecular weight is 307 g/mol. The van der Waals surface area contributed by atoms with Crippen molar-refractivity contribution >= 4 is 40.6 Å². The summed E-state index contributed by atoms with van der Waals surface area (Å²) in [5.41, 5.74) is 5.42. The first kappa shape index (κ1) is 14.7. The highest BCUT2D eigenvalue weighted by molar-refractivity contribution is 8.18. The zero-order chi connectivity index (χ0) is 15.6. The Morgan fingerprint density at radius 3 is 2.48 bits per heavy atom. The van der Waals surface area contributed by atoms with Gasteiger partial charge < -0.3 is 5.73 Å². The van der Waals surface area contributed by atoms with E-state index in [2.05, 4.69) is 0 Å². The van der Waals surface area contributed by atoms with Crippen LogP contribution in [-0.4, -0.2) is 33.4 Å². The number of nitrogens with two attached hydrogens (primary N) is 1. The van der Waals surface area contributed by atoms with Crippen molar-refractivity contribution in [1.82, 2.24) is 4.90 Å². The maximum absolute atomic E-state index is 11.9. The lowest BCUT2D eigenvalue weighted by atomic mass is 10.2. The number of benzene rings is 1. The topological polar surface area (TPSA) is 124 Å². The Balaban J connectivity index is 2.22. The van der Waals surface area contributed by atoms with Crippen molar-refractivity contribution in [3.63, 3.8) is 0 Å². The molecule has 0 radical (unpaired) electrons. The molecule has 0 unspecified atom stereocenters. The second-order valence-corrected chi connectivity index (χ2v) is 5.08. The van der Waals surface area contributed by atoms with Gasteiger partial charge in [-0.15, -0.1) is 0 Å². The van der Waals surface area contributed by atoms with Crippen LogP contribution < -0.4 is 5.73 Å². The molecule has 9 heteroatoms. The van der Waals surface area contributed by atoms with Crippen LogP contribution in [0.3, 0.4) is 0 Å². The minimum absolute atomic E-state index is 0.0750. The molecule has 0 atom stereocenters. The predicted molar refractivity (Wildman–Crippen MR) is 75.0 cm³/mol. The van der Waals surface area contributed by atoms with Gasteiger partial charge in [-0.1, -0.05) is 0 Å². The van der Waals surface area contributed by atoms with E-state index in [4.69, 9.17) is 5.73 Å². The molecule has 0 saturated carbocycles. The van der Waals surface area contributed by atoms with E-state index in [1.807, 2.05) is 0 Å². The molecule has 21 heavy (non-hydrogen) atoms. The molecule has 1 saturated heterocycles. The van der Waals surface area contributed by atoms with E-state index < -0.39 is 28.5 Å². The van der Waals surface area contributed by atoms with Crippen molar-refractivity contribution in [2.75, 3.05) is 6.54 Å². The van der Waals surface area contributed by atoms with E-state index in [0.29, 0.717) is 17.3 Å². The third-order valence-electron chi connectivity index (χ3n) is 2.59. The highest BCUT2D eigenvalue weighted by Gasteiger charge is 2.35. The summed E-state index contributed by atoms with van der Waals surface area (Å²) in [5, 5.41) is 9.96. The number of hydrogen-bond acceptors (Lipinski definition) is 6. The molecule has 2 N–H and O–H groups in total. The van der Waals surface area contributed by atoms with Crippen LogP contribution in [0.2, 0.25) is 0 Å². The predicted octanol–water partition coefficient (Wildman–Crippen LogP) is 1.12. The van der Waals surface area contributed by atoms with Crippen molar-refractivity contribution in [1.29, 1.82) is 0 Å². The van der Waals surface area contributed by atoms with E-state index in [0.717, 1.165) is 4.90 Å². The number of thioether (sulfide) groups is 1. The number of rotatable bonds is 4. The van der Waals surface area contributed by atoms with Crippen LogP contribution >= 0.6 is 11.8 Å². The molecule has 1 aliphatic heterocycles. The highest BCUT2D eigenvalue weighted by Crippen LogP contribution is 2.32. The van der Waals surface area contributed by atoms with Gasteiger partial charge in [-0.2, -0.15) is 0 Å². The summed E-state index contributed by atoms with van der Waals surface area (Å²) in [5.74, 6) is -1.39. The van der Waals surface area contributed by atoms with E-state index in [9.17, 15) is 24.5 Å². The van der Waals surface area contributed by atoms with Crippen LogP contribution in [0.25, 0.3) is 6.08 Å². The Labute approximate surface area is 122 Å². The van der Waals surface area contributed by atoms with Gasteiger partial charge in [0, 0.05) is 12.1 Å². The maximum atomic E-state index is 11.9. The smallest absolute Gasteiger partial charge is 0.294 e. The van der Waals surface area contributed by atoms with Crippen LogP contribution in [-0.2, 0) is 9.59 Å². The number of carbonyl (C=O) groups excluding carboxylic acids is 3. The number of nitro benzene ring substituents is 1. The highest BCUT2D eigenvalue weighted by atomic mass is 32.2. The third kappa shape index (κ3) is 3.26. The lowest BCUT2D eigenvalue weighted by Gasteiger charge is -2.08. The van der Waals surface area contributed by atoms with Crippen molar-refractivity contribution in [3.05, 3.63) is 44.8 Å². The lowest BCUT2D eigenvalue weighted by Crippen LogP contribution is -2.36. The first-order valence-corrected chi connectivity index (χ1v) is 6.48. The number of nitrogens with zero attached hydrogens (tertiary/aromatic N) is 2. The Bertz CT molecular complexity index is 668. The molecule has 1 fully saturated rings. The number of imide groups is 1. The monoisotopic (exact) mass is 307 g/mol. The van der Waals surface area contributed by atoms with Gasteiger partial charge in [0.25, 0.3) is 16.8 Å². The van der Waals surface area contributed by atoms with Gasteiger partial charge in [-0.05, 0) is 35.5 Å². The largest absolute Gasteiger partial charge is 0.368 e. The van der Waals surface area contributed by atoms with Crippen LogP contribution in [0.5, 0.6) is 0 Å². The zero-order valence-electron chi connectivity index (χ0n) is 10.5. The molecule has 0 bridgehead atoms. The Kier molecular flexibility index (Phi) is 4.03. The fraction of sp³-hybridized carbons (Fsp3) is 0.0833. The summed E-state index contributed by atoms with van der Waals surface area (Å²) in [4.78, 5) is 45.2. The number of non-ortho nitro benzene ring substituents is 1. The van der Waals surface area contributed by atoms with Crippen molar-refractivity contribution in [3.8, 4) is 0 Å². The summed E-state index contributed by atoms with van der Waals surface area (Å²) >= 11 is 0.686. The molecule has 1 aromatic rings. The molecule has 3 amide bonds. The number of nitro groups is 1. The zero-order valence-corrected chi connectivity index (χ0v) is 11.3. The molecule has 0 aliphatic carbocycles. The van der Waals surface area contributed by atoms with Crippen molar-refractivity contribution in [2.24, 2.45) is 5.73 Å². The Morgan fingerprint density at radius 2 is 1.95 bits per heavy atom. The molecular weight excluding hydrogens is 298 g/mol. The summed E-state index contributed by atoms with van der Waals surface area (Å²) in [7, 11) is 0. The van der Waals surface area contributed by atoms with Gasteiger partial charge in [0.1, 0.15) is 6.54 Å². The second kappa shape index (κ2) is 5.75. The molecule has 1 heterocycles. The number of primary amides is 1. The lowest BCUT2D eigenvalue weighted by molar-refractivity contribution is -0.384. The Morgan fingerprint density at radius 1 is 1.33 bits per heavy atom. The standard InChI is InChI=1S/C12H9N3O5S/c13-10(16)6-14-11(17)9(21-12(14)18)5-7-1-3-8(4-2-7)15(19)20/h1-5H,6H2,(H2,13,16)/b9-5-. The molecule has 108 valence electrons. The van der Waals surface area contributed by atoms with E-state index in [1.165, 1.54) is 30.3 Å². The first-order chi connectivity index (χ1) is 9.88. The molecule has 0 spiro atoms. The summed E-state index contributed by atoms with van der Waals surface area (Å²) in [6.45, 7) is -0.470. The Hall–Kier alpha value is -2.68. The SMILES string of the molecule is NC(=O)CN1C(=O)S/C(=C\c2ccc([N+](=O)[O-])cc2)C1=O. The van der Waals surface area contributed by atoms with Crippen LogP contribution in [0.15, 0.2) is 29.2 Å². The van der Waals surface area contributed by atoms with Crippen LogP contribution in [0, 0.1) is 10.1 Å². The first-order valence-electron chi connectivity index (χ1n) is 5.66. The average Bonchev–Trinajstić information content (AvgIpc) is 2.67. The van der Waals surface area contributed by atoms with Crippen molar-refractivity contribution < 1.29 is 19.3 Å². The second-order valence-electron chi connectivity index (χ2n) is 4.08. The third-order valence-corrected chi connectivity index (χ3v) is 3.50. The quantitative estimate of drug-likeness (QED) is 0.505. The minimum Gasteiger partial charge on any atom is -0.368 e. The van der Waals surface area contributed by atoms with Crippen molar-refractivity contribution in [2.45, 2.75) is 0 Å². The maximum Gasteiger partial charge on any atom is 0.294 e. The normalized spacial score (nSPS) is 16.6. The van der Waals surface area contributed by atoms with Crippen LogP contribution in [0.4, 0.5) is 10.5 Å². The minimum atomic E-state index is -0.783. The molecule has 8 nitrogen and oxygen atoms in total. The van der Waals surface area contributed by atoms with E-state index in [-0.39, 0.29) is 10.6 Å². The summed E-state index contributed by atoms with van der Waals surface area (Å²) < 4.78 is 0. The fourth-order valence-electron chi connectivity index (χ4n) is 1.64. The van der Waals surface area contributed by atoms with E-state index >= 15 is 0 Å². The number of carbonyl (C=O) groups is 3. The summed E-state index contributed by atoms with van der Waals surface area (Å²) in [6, 6.07) is 5.50. The number of hydrogen-bond donors (Lipinski definition) is 1. The van der Waals surface area contributed by atoms with E-state index in [1.54, 1.807) is 0 Å². The fourth-order valence-corrected chi connectivity index (χ4v) is 2.47. The summed E-state index contributed by atoms with van der Waals surface area (Å²) in [6.07, 6.45) is 1.43. The molecular formula is C12H9N3O5S.